The SMILES string of the molecule is B1N=Cc2c1cccc2Oc1ccccc1. The molecule has 3 rings (SSSR count). The van der Waals surface area contributed by atoms with Crippen LogP contribution in [0, 0.1) is 0 Å². The van der Waals surface area contributed by atoms with Crippen molar-refractivity contribution in [3.8, 4) is 11.5 Å². The Hall–Kier alpha value is -2.03. The molecule has 3 heteroatoms. The van der Waals surface area contributed by atoms with Crippen molar-refractivity contribution in [2.75, 3.05) is 0 Å². The minimum Gasteiger partial charge on any atom is -0.457 e. The molecule has 2 aromatic carbocycles. The third-order valence-electron chi connectivity index (χ3n) is 2.61. The van der Waals surface area contributed by atoms with Gasteiger partial charge in [-0.15, -0.1) is 0 Å². The summed E-state index contributed by atoms with van der Waals surface area (Å²) in [5, 5.41) is 0. The molecular formula is C13H10BNO. The van der Waals surface area contributed by atoms with Crippen LogP contribution >= 0.6 is 0 Å². The molecule has 0 saturated carbocycles. The van der Waals surface area contributed by atoms with E-state index in [2.05, 4.69) is 11.0 Å². The molecule has 0 amide bonds. The van der Waals surface area contributed by atoms with E-state index in [1.165, 1.54) is 5.46 Å². The highest BCUT2D eigenvalue weighted by molar-refractivity contribution is 6.58. The molecule has 1 heterocycles. The zero-order valence-electron chi connectivity index (χ0n) is 8.76. The van der Waals surface area contributed by atoms with Crippen LogP contribution in [-0.4, -0.2) is 13.6 Å². The molecule has 0 spiro atoms. The summed E-state index contributed by atoms with van der Waals surface area (Å²) >= 11 is 0. The van der Waals surface area contributed by atoms with Crippen molar-refractivity contribution < 1.29 is 4.74 Å². The number of para-hydroxylation sites is 1. The summed E-state index contributed by atoms with van der Waals surface area (Å²) in [7, 11) is 0.765. The highest BCUT2D eigenvalue weighted by Crippen LogP contribution is 2.23. The molecule has 0 saturated heterocycles. The van der Waals surface area contributed by atoms with Gasteiger partial charge in [0.1, 0.15) is 11.5 Å². The third-order valence-corrected chi connectivity index (χ3v) is 2.61. The Morgan fingerprint density at radius 1 is 0.938 bits per heavy atom. The first-order chi connectivity index (χ1) is 7.93. The van der Waals surface area contributed by atoms with Gasteiger partial charge in [-0.1, -0.05) is 30.3 Å². The lowest BCUT2D eigenvalue weighted by Crippen LogP contribution is -2.11. The van der Waals surface area contributed by atoms with Gasteiger partial charge in [0.25, 0.3) is 7.41 Å². The quantitative estimate of drug-likeness (QED) is 0.689. The van der Waals surface area contributed by atoms with Gasteiger partial charge in [0.05, 0.1) is 0 Å². The summed E-state index contributed by atoms with van der Waals surface area (Å²) in [4.78, 5) is 4.25. The van der Waals surface area contributed by atoms with Gasteiger partial charge in [-0.25, -0.2) is 0 Å². The van der Waals surface area contributed by atoms with Crippen molar-refractivity contribution in [1.82, 2.24) is 0 Å². The molecule has 0 aromatic heterocycles. The fraction of sp³-hybridized carbons (Fsp3) is 0. The van der Waals surface area contributed by atoms with Crippen molar-refractivity contribution >= 4 is 19.1 Å². The Kier molecular flexibility index (Phi) is 2.22. The second-order valence-electron chi connectivity index (χ2n) is 3.71. The summed E-state index contributed by atoms with van der Waals surface area (Å²) < 4.78 is 5.83. The molecule has 16 heavy (non-hydrogen) atoms. The van der Waals surface area contributed by atoms with Gasteiger partial charge in [0.2, 0.25) is 0 Å². The smallest absolute Gasteiger partial charge is 0.295 e. The van der Waals surface area contributed by atoms with Crippen LogP contribution in [0.5, 0.6) is 11.5 Å². The average Bonchev–Trinajstić information content (AvgIpc) is 2.80. The second-order valence-corrected chi connectivity index (χ2v) is 3.71. The highest BCUT2D eigenvalue weighted by Gasteiger charge is 2.12. The highest BCUT2D eigenvalue weighted by atomic mass is 16.5. The zero-order chi connectivity index (χ0) is 10.8. The number of rotatable bonds is 2. The summed E-state index contributed by atoms with van der Waals surface area (Å²) in [6.45, 7) is 0. The van der Waals surface area contributed by atoms with Crippen LogP contribution in [-0.2, 0) is 0 Å². The van der Waals surface area contributed by atoms with Crippen LogP contribution in [0.4, 0.5) is 0 Å². The Morgan fingerprint density at radius 2 is 1.81 bits per heavy atom. The first-order valence-electron chi connectivity index (χ1n) is 5.28. The van der Waals surface area contributed by atoms with Crippen molar-refractivity contribution in [3.63, 3.8) is 0 Å². The predicted molar refractivity (Wildman–Crippen MR) is 67.3 cm³/mol. The standard InChI is InChI=1S/C13H10BNO/c1-2-5-10(6-3-1)16-13-8-4-7-12-11(13)9-15-14-12/h1-9,14H. The lowest BCUT2D eigenvalue weighted by molar-refractivity contribution is 0.482. The molecule has 0 fully saturated rings. The number of fused-ring (bicyclic) bond motifs is 1. The summed E-state index contributed by atoms with van der Waals surface area (Å²) in [6.07, 6.45) is 1.88. The average molecular weight is 207 g/mol. The monoisotopic (exact) mass is 207 g/mol. The molecule has 0 bridgehead atoms. The van der Waals surface area contributed by atoms with E-state index in [0.29, 0.717) is 0 Å². The number of ether oxygens (including phenoxy) is 1. The van der Waals surface area contributed by atoms with Crippen LogP contribution in [0.2, 0.25) is 0 Å². The molecular weight excluding hydrogens is 197 g/mol. The lowest BCUT2D eigenvalue weighted by Gasteiger charge is -2.08. The molecule has 76 valence electrons. The maximum Gasteiger partial charge on any atom is 0.295 e. The normalized spacial score (nSPS) is 12.0. The van der Waals surface area contributed by atoms with Gasteiger partial charge in [0, 0.05) is 11.8 Å². The van der Waals surface area contributed by atoms with Gasteiger partial charge >= 0.3 is 0 Å². The van der Waals surface area contributed by atoms with Crippen molar-refractivity contribution in [2.24, 2.45) is 4.90 Å². The van der Waals surface area contributed by atoms with Crippen LogP contribution in [0.25, 0.3) is 0 Å². The van der Waals surface area contributed by atoms with Crippen molar-refractivity contribution in [3.05, 3.63) is 54.1 Å². The topological polar surface area (TPSA) is 21.6 Å². The van der Waals surface area contributed by atoms with E-state index in [0.717, 1.165) is 24.5 Å². The van der Waals surface area contributed by atoms with Gasteiger partial charge in [-0.2, -0.15) is 0 Å². The molecule has 0 aliphatic carbocycles. The Bertz CT molecular complexity index is 537. The maximum atomic E-state index is 5.83. The Balaban J connectivity index is 1.97. The third kappa shape index (κ3) is 1.61. The first-order valence-corrected chi connectivity index (χ1v) is 5.28. The summed E-state index contributed by atoms with van der Waals surface area (Å²) in [6, 6.07) is 15.9. The van der Waals surface area contributed by atoms with Crippen LogP contribution in [0.1, 0.15) is 5.56 Å². The molecule has 0 unspecified atom stereocenters. The van der Waals surface area contributed by atoms with E-state index in [9.17, 15) is 0 Å². The minimum atomic E-state index is 0.765. The molecule has 2 nitrogen and oxygen atoms in total. The molecule has 1 aliphatic rings. The van der Waals surface area contributed by atoms with Crippen LogP contribution in [0.15, 0.2) is 53.4 Å². The minimum absolute atomic E-state index is 0.765. The van der Waals surface area contributed by atoms with Crippen molar-refractivity contribution in [2.45, 2.75) is 0 Å². The number of hydrogen-bond acceptors (Lipinski definition) is 2. The van der Waals surface area contributed by atoms with Crippen LogP contribution in [0.3, 0.4) is 0 Å². The van der Waals surface area contributed by atoms with E-state index < -0.39 is 0 Å². The van der Waals surface area contributed by atoms with Crippen LogP contribution < -0.4 is 10.2 Å². The van der Waals surface area contributed by atoms with Crippen molar-refractivity contribution in [1.29, 1.82) is 0 Å². The summed E-state index contributed by atoms with van der Waals surface area (Å²) in [5.41, 5.74) is 2.33. The molecule has 0 atom stereocenters. The Labute approximate surface area is 94.9 Å². The fourth-order valence-electron chi connectivity index (χ4n) is 1.81. The van der Waals surface area contributed by atoms with E-state index in [-0.39, 0.29) is 0 Å². The second kappa shape index (κ2) is 3.85. The van der Waals surface area contributed by atoms with E-state index in [1.54, 1.807) is 0 Å². The summed E-state index contributed by atoms with van der Waals surface area (Å²) in [5.74, 6) is 1.74. The number of benzene rings is 2. The molecule has 2 aromatic rings. The number of hydrogen-bond donors (Lipinski definition) is 0. The van der Waals surface area contributed by atoms with Gasteiger partial charge < -0.3 is 9.64 Å². The zero-order valence-corrected chi connectivity index (χ0v) is 8.76. The van der Waals surface area contributed by atoms with Gasteiger partial charge in [-0.3, -0.25) is 0 Å². The van der Waals surface area contributed by atoms with E-state index >= 15 is 0 Å². The maximum absolute atomic E-state index is 5.83. The largest absolute Gasteiger partial charge is 0.457 e. The number of nitrogens with zero attached hydrogens (tertiary/aromatic N) is 1. The lowest BCUT2D eigenvalue weighted by atomic mass is 9.84. The van der Waals surface area contributed by atoms with E-state index in [4.69, 9.17) is 4.74 Å². The Morgan fingerprint density at radius 3 is 2.69 bits per heavy atom. The molecule has 0 N–H and O–H groups in total. The first kappa shape index (κ1) is 9.22. The molecule has 0 radical (unpaired) electrons. The molecule has 1 aliphatic heterocycles. The van der Waals surface area contributed by atoms with Gasteiger partial charge in [0.15, 0.2) is 0 Å². The predicted octanol–water partition coefficient (Wildman–Crippen LogP) is 1.89. The fourth-order valence-corrected chi connectivity index (χ4v) is 1.81. The van der Waals surface area contributed by atoms with E-state index in [1.807, 2.05) is 48.7 Å². The van der Waals surface area contributed by atoms with Gasteiger partial charge in [-0.05, 0) is 23.7 Å².